The van der Waals surface area contributed by atoms with Crippen molar-refractivity contribution >= 4 is 23.8 Å². The van der Waals surface area contributed by atoms with Crippen molar-refractivity contribution in [2.24, 2.45) is 0 Å². The van der Waals surface area contributed by atoms with Gasteiger partial charge in [0.1, 0.15) is 18.8 Å². The summed E-state index contributed by atoms with van der Waals surface area (Å²) in [6, 6.07) is 16.6. The molecule has 0 aliphatic carbocycles. The monoisotopic (exact) mass is 623 g/mol. The zero-order valence-electron chi connectivity index (χ0n) is 24.5. The molecule has 2 aliphatic heterocycles. The Morgan fingerprint density at radius 2 is 1.78 bits per heavy atom. The van der Waals surface area contributed by atoms with E-state index >= 15 is 0 Å². The molecule has 10 nitrogen and oxygen atoms in total. The number of aromatic nitrogens is 1. The van der Waals surface area contributed by atoms with Gasteiger partial charge in [-0.05, 0) is 42.3 Å². The SMILES string of the molecule is Cc1cc(COC(=O)N2CCC(=O)N3[C@@H]2CN(Cc2ccccc2)C(=O)[C@@H]3CC(=O)NCc2ccccn2)cc(C(F)(F)F)c1. The van der Waals surface area contributed by atoms with Crippen LogP contribution in [0.4, 0.5) is 18.0 Å². The van der Waals surface area contributed by atoms with E-state index in [0.29, 0.717) is 11.3 Å². The second-order valence-electron chi connectivity index (χ2n) is 11.0. The van der Waals surface area contributed by atoms with Gasteiger partial charge in [0.05, 0.1) is 30.8 Å². The first-order valence-corrected chi connectivity index (χ1v) is 14.4. The normalized spacial score (nSPS) is 18.4. The van der Waals surface area contributed by atoms with Gasteiger partial charge in [-0.2, -0.15) is 13.2 Å². The summed E-state index contributed by atoms with van der Waals surface area (Å²) in [5, 5.41) is 2.74. The Labute approximate surface area is 257 Å². The number of aryl methyl sites for hydroxylation is 1. The van der Waals surface area contributed by atoms with Crippen molar-refractivity contribution in [1.82, 2.24) is 25.0 Å². The molecule has 2 saturated heterocycles. The minimum atomic E-state index is -4.56. The summed E-state index contributed by atoms with van der Waals surface area (Å²) in [5.41, 5.74) is 1.09. The first-order chi connectivity index (χ1) is 21.5. The van der Waals surface area contributed by atoms with E-state index in [1.807, 2.05) is 30.3 Å². The number of hydrogen-bond acceptors (Lipinski definition) is 6. The van der Waals surface area contributed by atoms with Gasteiger partial charge >= 0.3 is 12.3 Å². The van der Waals surface area contributed by atoms with Gasteiger partial charge in [0, 0.05) is 25.7 Å². The van der Waals surface area contributed by atoms with Gasteiger partial charge in [-0.1, -0.05) is 48.0 Å². The molecule has 236 valence electrons. The Kier molecular flexibility index (Phi) is 9.35. The Morgan fingerprint density at radius 3 is 2.49 bits per heavy atom. The highest BCUT2D eigenvalue weighted by molar-refractivity contribution is 5.94. The fourth-order valence-electron chi connectivity index (χ4n) is 5.62. The molecule has 2 fully saturated rings. The van der Waals surface area contributed by atoms with Crippen LogP contribution in [0, 0.1) is 6.92 Å². The lowest BCUT2D eigenvalue weighted by Crippen LogP contribution is -2.71. The number of amides is 4. The number of pyridine rings is 1. The lowest BCUT2D eigenvalue weighted by Gasteiger charge is -2.51. The van der Waals surface area contributed by atoms with Gasteiger partial charge in [0.15, 0.2) is 0 Å². The molecule has 45 heavy (non-hydrogen) atoms. The predicted octanol–water partition coefficient (Wildman–Crippen LogP) is 4.02. The summed E-state index contributed by atoms with van der Waals surface area (Å²) in [5.74, 6) is -1.31. The molecule has 0 saturated carbocycles. The fraction of sp³-hybridized carbons (Fsp3) is 0.344. The number of halogens is 3. The fourth-order valence-corrected chi connectivity index (χ4v) is 5.62. The van der Waals surface area contributed by atoms with Crippen molar-refractivity contribution in [3.8, 4) is 0 Å². The Balaban J connectivity index is 1.36. The van der Waals surface area contributed by atoms with Gasteiger partial charge in [-0.25, -0.2) is 4.79 Å². The minimum Gasteiger partial charge on any atom is -0.444 e. The van der Waals surface area contributed by atoms with Gasteiger partial charge in [0.25, 0.3) is 0 Å². The van der Waals surface area contributed by atoms with E-state index in [1.54, 1.807) is 24.4 Å². The molecule has 4 amide bonds. The third-order valence-corrected chi connectivity index (χ3v) is 7.70. The minimum absolute atomic E-state index is 0.0214. The number of fused-ring (bicyclic) bond motifs is 1. The van der Waals surface area contributed by atoms with E-state index in [0.717, 1.165) is 17.7 Å². The van der Waals surface area contributed by atoms with Crippen LogP contribution in [0.3, 0.4) is 0 Å². The van der Waals surface area contributed by atoms with Crippen LogP contribution in [0.25, 0.3) is 0 Å². The Hall–Kier alpha value is -4.94. The van der Waals surface area contributed by atoms with Crippen LogP contribution in [-0.2, 0) is 45.0 Å². The summed E-state index contributed by atoms with van der Waals surface area (Å²) in [6.07, 6.45) is -5.23. The van der Waals surface area contributed by atoms with Gasteiger partial charge in [-0.15, -0.1) is 0 Å². The molecule has 13 heteroatoms. The number of ether oxygens (including phenoxy) is 1. The Morgan fingerprint density at radius 1 is 1.02 bits per heavy atom. The first kappa shape index (κ1) is 31.5. The maximum atomic E-state index is 13.8. The third kappa shape index (κ3) is 7.59. The van der Waals surface area contributed by atoms with E-state index in [9.17, 15) is 32.3 Å². The number of rotatable bonds is 8. The molecule has 2 aromatic carbocycles. The molecular weight excluding hydrogens is 591 g/mol. The molecule has 1 N–H and O–H groups in total. The van der Waals surface area contributed by atoms with Crippen LogP contribution >= 0.6 is 0 Å². The smallest absolute Gasteiger partial charge is 0.416 e. The predicted molar refractivity (Wildman–Crippen MR) is 155 cm³/mol. The molecule has 0 spiro atoms. The van der Waals surface area contributed by atoms with E-state index in [-0.39, 0.29) is 44.6 Å². The molecular formula is C32H32F3N5O5. The zero-order chi connectivity index (χ0) is 32.1. The molecule has 2 atom stereocenters. The van der Waals surface area contributed by atoms with Crippen LogP contribution < -0.4 is 5.32 Å². The van der Waals surface area contributed by atoms with Crippen molar-refractivity contribution in [3.05, 3.63) is 101 Å². The number of nitrogens with zero attached hydrogens (tertiary/aromatic N) is 4. The molecule has 2 aliphatic rings. The summed E-state index contributed by atoms with van der Waals surface area (Å²) >= 11 is 0. The Bertz CT molecular complexity index is 1550. The molecule has 3 aromatic rings. The standard InChI is InChI=1S/C32H32F3N5O5/c1-21-13-23(15-24(14-21)32(33,34)35)20-45-31(44)39-12-10-29(42)40-26(16-27(41)37-17-25-9-5-6-11-36-25)30(43)38(19-28(39)40)18-22-7-3-2-4-8-22/h2-9,11,13-15,26,28H,10,12,16-20H2,1H3,(H,37,41)/t26-,28+/m0/s1. The zero-order valence-corrected chi connectivity index (χ0v) is 24.5. The van der Waals surface area contributed by atoms with Crippen molar-refractivity contribution in [3.63, 3.8) is 0 Å². The van der Waals surface area contributed by atoms with E-state index in [4.69, 9.17) is 4.74 Å². The number of alkyl halides is 3. The first-order valence-electron chi connectivity index (χ1n) is 14.4. The van der Waals surface area contributed by atoms with Crippen LogP contribution in [0.2, 0.25) is 0 Å². The number of carbonyl (C=O) groups is 4. The van der Waals surface area contributed by atoms with Gasteiger partial charge < -0.3 is 19.9 Å². The van der Waals surface area contributed by atoms with Crippen molar-refractivity contribution in [1.29, 1.82) is 0 Å². The van der Waals surface area contributed by atoms with Crippen LogP contribution in [0.1, 0.15) is 40.8 Å². The lowest BCUT2D eigenvalue weighted by molar-refractivity contribution is -0.169. The average Bonchev–Trinajstić information content (AvgIpc) is 3.01. The van der Waals surface area contributed by atoms with Crippen molar-refractivity contribution < 1.29 is 37.1 Å². The summed E-state index contributed by atoms with van der Waals surface area (Å²) < 4.78 is 45.4. The third-order valence-electron chi connectivity index (χ3n) is 7.70. The highest BCUT2D eigenvalue weighted by Crippen LogP contribution is 2.32. The maximum absolute atomic E-state index is 13.8. The van der Waals surface area contributed by atoms with Gasteiger partial charge in [0.2, 0.25) is 17.7 Å². The highest BCUT2D eigenvalue weighted by Gasteiger charge is 2.49. The van der Waals surface area contributed by atoms with E-state index in [1.165, 1.54) is 27.7 Å². The van der Waals surface area contributed by atoms with Gasteiger partial charge in [-0.3, -0.25) is 24.3 Å². The number of hydrogen-bond donors (Lipinski definition) is 1. The number of piperazine rings is 1. The molecule has 3 heterocycles. The molecule has 0 unspecified atom stereocenters. The van der Waals surface area contributed by atoms with Crippen LogP contribution in [0.5, 0.6) is 0 Å². The number of nitrogens with one attached hydrogen (secondary N) is 1. The molecule has 0 radical (unpaired) electrons. The summed E-state index contributed by atoms with van der Waals surface area (Å²) in [4.78, 5) is 61.7. The molecule has 1 aromatic heterocycles. The van der Waals surface area contributed by atoms with E-state index in [2.05, 4.69) is 10.3 Å². The van der Waals surface area contributed by atoms with Crippen LogP contribution in [0.15, 0.2) is 72.9 Å². The lowest BCUT2D eigenvalue weighted by atomic mass is 10.0. The topological polar surface area (TPSA) is 112 Å². The average molecular weight is 624 g/mol. The number of benzene rings is 2. The quantitative estimate of drug-likeness (QED) is 0.406. The maximum Gasteiger partial charge on any atom is 0.416 e. The second-order valence-corrected chi connectivity index (χ2v) is 11.0. The summed E-state index contributed by atoms with van der Waals surface area (Å²) in [6.45, 7) is 1.33. The molecule has 5 rings (SSSR count). The van der Waals surface area contributed by atoms with Crippen molar-refractivity contribution in [2.75, 3.05) is 13.1 Å². The second kappa shape index (κ2) is 13.4. The van der Waals surface area contributed by atoms with Crippen LogP contribution in [-0.4, -0.2) is 68.8 Å². The summed E-state index contributed by atoms with van der Waals surface area (Å²) in [7, 11) is 0. The molecule has 0 bridgehead atoms. The highest BCUT2D eigenvalue weighted by atomic mass is 19.4. The van der Waals surface area contributed by atoms with Crippen molar-refractivity contribution in [2.45, 2.75) is 57.8 Å². The largest absolute Gasteiger partial charge is 0.444 e. The van der Waals surface area contributed by atoms with E-state index < -0.39 is 54.4 Å². The number of carbonyl (C=O) groups excluding carboxylic acids is 4.